The van der Waals surface area contributed by atoms with Crippen molar-refractivity contribution in [3.8, 4) is 5.75 Å². The minimum Gasteiger partial charge on any atom is -0.488 e. The van der Waals surface area contributed by atoms with E-state index in [1.54, 1.807) is 12.3 Å². The van der Waals surface area contributed by atoms with Gasteiger partial charge in [-0.05, 0) is 49.2 Å². The average Bonchev–Trinajstić information content (AvgIpc) is 2.83. The molecule has 5 nitrogen and oxygen atoms in total. The van der Waals surface area contributed by atoms with Crippen molar-refractivity contribution in [2.45, 2.75) is 39.7 Å². The number of para-hydroxylation sites is 1. The molecule has 0 saturated heterocycles. The van der Waals surface area contributed by atoms with Gasteiger partial charge in [0.15, 0.2) is 0 Å². The maximum atomic E-state index is 13.3. The predicted molar refractivity (Wildman–Crippen MR) is 137 cm³/mol. The number of rotatable bonds is 7. The Labute approximate surface area is 201 Å². The van der Waals surface area contributed by atoms with Crippen molar-refractivity contribution in [3.63, 3.8) is 0 Å². The first-order valence-corrected chi connectivity index (χ1v) is 11.8. The summed E-state index contributed by atoms with van der Waals surface area (Å²) in [6, 6.07) is 21.5. The standard InChI is InChI=1S/C27H26BrN3O2/c1-4-19(3)26-30-24-14-13-22(28)15-23(24)27(32)31(26)29-16-21-7-5-6-8-25(21)33-17-20-11-9-18(2)10-12-20/h5-16,19H,4,17H2,1-3H3/t19-/m1/s1. The average molecular weight is 504 g/mol. The fourth-order valence-electron chi connectivity index (χ4n) is 3.46. The second-order valence-corrected chi connectivity index (χ2v) is 9.03. The Morgan fingerprint density at radius 1 is 1.12 bits per heavy atom. The van der Waals surface area contributed by atoms with Gasteiger partial charge in [-0.3, -0.25) is 4.79 Å². The van der Waals surface area contributed by atoms with Gasteiger partial charge < -0.3 is 4.74 Å². The molecular formula is C27H26BrN3O2. The molecule has 1 atom stereocenters. The Morgan fingerprint density at radius 2 is 1.88 bits per heavy atom. The minimum absolute atomic E-state index is 0.0796. The Kier molecular flexibility index (Phi) is 7.04. The van der Waals surface area contributed by atoms with Crippen molar-refractivity contribution in [2.75, 3.05) is 0 Å². The maximum Gasteiger partial charge on any atom is 0.282 e. The highest BCUT2D eigenvalue weighted by molar-refractivity contribution is 9.10. The minimum atomic E-state index is -0.189. The molecule has 4 aromatic rings. The molecule has 3 aromatic carbocycles. The highest BCUT2D eigenvalue weighted by Gasteiger charge is 2.15. The van der Waals surface area contributed by atoms with E-state index in [-0.39, 0.29) is 11.5 Å². The smallest absolute Gasteiger partial charge is 0.282 e. The van der Waals surface area contributed by atoms with Gasteiger partial charge in [0.1, 0.15) is 18.2 Å². The fourth-order valence-corrected chi connectivity index (χ4v) is 3.82. The number of hydrogen-bond acceptors (Lipinski definition) is 4. The highest BCUT2D eigenvalue weighted by Crippen LogP contribution is 2.22. The molecule has 0 spiro atoms. The lowest BCUT2D eigenvalue weighted by Gasteiger charge is -2.14. The summed E-state index contributed by atoms with van der Waals surface area (Å²) in [5.41, 5.74) is 3.58. The summed E-state index contributed by atoms with van der Waals surface area (Å²) in [7, 11) is 0. The van der Waals surface area contributed by atoms with Crippen molar-refractivity contribution >= 4 is 33.0 Å². The third kappa shape index (κ3) is 5.22. The highest BCUT2D eigenvalue weighted by atomic mass is 79.9. The van der Waals surface area contributed by atoms with Gasteiger partial charge in [0, 0.05) is 16.0 Å². The van der Waals surface area contributed by atoms with Crippen molar-refractivity contribution in [3.05, 3.63) is 104 Å². The number of hydrogen-bond donors (Lipinski definition) is 0. The SMILES string of the molecule is CC[C@@H](C)c1nc2ccc(Br)cc2c(=O)n1N=Cc1ccccc1OCc1ccc(C)cc1. The summed E-state index contributed by atoms with van der Waals surface area (Å²) >= 11 is 3.45. The van der Waals surface area contributed by atoms with Crippen LogP contribution < -0.4 is 10.3 Å². The maximum absolute atomic E-state index is 13.3. The first kappa shape index (κ1) is 22.9. The second-order valence-electron chi connectivity index (χ2n) is 8.11. The molecule has 0 N–H and O–H groups in total. The number of nitrogens with zero attached hydrogens (tertiary/aromatic N) is 3. The van der Waals surface area contributed by atoms with Crippen LogP contribution in [0.4, 0.5) is 0 Å². The number of ether oxygens (including phenoxy) is 1. The van der Waals surface area contributed by atoms with Crippen molar-refractivity contribution < 1.29 is 4.74 Å². The largest absolute Gasteiger partial charge is 0.488 e. The van der Waals surface area contributed by atoms with Crippen LogP contribution in [0.15, 0.2) is 81.1 Å². The number of halogens is 1. The third-order valence-electron chi connectivity index (χ3n) is 5.63. The summed E-state index contributed by atoms with van der Waals surface area (Å²) in [6.45, 7) is 6.64. The zero-order valence-corrected chi connectivity index (χ0v) is 20.5. The van der Waals surface area contributed by atoms with Gasteiger partial charge in [0.25, 0.3) is 5.56 Å². The topological polar surface area (TPSA) is 56.5 Å². The lowest BCUT2D eigenvalue weighted by Crippen LogP contribution is -2.23. The lowest BCUT2D eigenvalue weighted by molar-refractivity contribution is 0.306. The molecule has 0 fully saturated rings. The monoisotopic (exact) mass is 503 g/mol. The van der Waals surface area contributed by atoms with E-state index in [2.05, 4.69) is 66.1 Å². The molecule has 6 heteroatoms. The van der Waals surface area contributed by atoms with Gasteiger partial charge in [-0.25, -0.2) is 4.98 Å². The van der Waals surface area contributed by atoms with Gasteiger partial charge >= 0.3 is 0 Å². The van der Waals surface area contributed by atoms with Crippen LogP contribution >= 0.6 is 15.9 Å². The van der Waals surface area contributed by atoms with E-state index < -0.39 is 0 Å². The summed E-state index contributed by atoms with van der Waals surface area (Å²) in [5, 5.41) is 5.10. The van der Waals surface area contributed by atoms with Crippen LogP contribution in [0.25, 0.3) is 10.9 Å². The molecule has 0 saturated carbocycles. The third-order valence-corrected chi connectivity index (χ3v) is 6.13. The van der Waals surface area contributed by atoms with E-state index in [1.165, 1.54) is 10.2 Å². The molecule has 0 radical (unpaired) electrons. The molecule has 0 aliphatic rings. The van der Waals surface area contributed by atoms with Crippen LogP contribution in [0.5, 0.6) is 5.75 Å². The summed E-state index contributed by atoms with van der Waals surface area (Å²) in [5.74, 6) is 1.43. The first-order chi connectivity index (χ1) is 16.0. The molecular weight excluding hydrogens is 478 g/mol. The molecule has 0 bridgehead atoms. The zero-order chi connectivity index (χ0) is 23.4. The van der Waals surface area contributed by atoms with Crippen molar-refractivity contribution in [2.24, 2.45) is 5.10 Å². The van der Waals surface area contributed by atoms with E-state index >= 15 is 0 Å². The zero-order valence-electron chi connectivity index (χ0n) is 19.0. The first-order valence-electron chi connectivity index (χ1n) is 11.0. The summed E-state index contributed by atoms with van der Waals surface area (Å²) < 4.78 is 8.31. The van der Waals surface area contributed by atoms with Crippen LogP contribution in [-0.2, 0) is 6.61 Å². The van der Waals surface area contributed by atoms with Gasteiger partial charge in [-0.1, -0.05) is 71.7 Å². The molecule has 0 aliphatic heterocycles. The van der Waals surface area contributed by atoms with Gasteiger partial charge in [0.2, 0.25) is 0 Å². The van der Waals surface area contributed by atoms with Crippen molar-refractivity contribution in [1.82, 2.24) is 9.66 Å². The van der Waals surface area contributed by atoms with E-state index in [1.807, 2.05) is 36.4 Å². The predicted octanol–water partition coefficient (Wildman–Crippen LogP) is 6.44. The second kappa shape index (κ2) is 10.1. The number of fused-ring (bicyclic) bond motifs is 1. The van der Waals surface area contributed by atoms with E-state index in [4.69, 9.17) is 9.72 Å². The number of aromatic nitrogens is 2. The Hall–Kier alpha value is -3.25. The Bertz CT molecular complexity index is 1360. The van der Waals surface area contributed by atoms with Crippen LogP contribution in [0.2, 0.25) is 0 Å². The van der Waals surface area contributed by atoms with Crippen LogP contribution in [-0.4, -0.2) is 15.9 Å². The molecule has 1 aromatic heterocycles. The van der Waals surface area contributed by atoms with E-state index in [0.29, 0.717) is 29.1 Å². The number of benzene rings is 3. The van der Waals surface area contributed by atoms with Crippen LogP contribution in [0.1, 0.15) is 48.7 Å². The number of aryl methyl sites for hydroxylation is 1. The Morgan fingerprint density at radius 3 is 2.64 bits per heavy atom. The Balaban J connectivity index is 1.70. The molecule has 4 rings (SSSR count). The van der Waals surface area contributed by atoms with E-state index in [0.717, 1.165) is 22.0 Å². The molecule has 33 heavy (non-hydrogen) atoms. The summed E-state index contributed by atoms with van der Waals surface area (Å²) in [6.07, 6.45) is 2.52. The van der Waals surface area contributed by atoms with Gasteiger partial charge in [-0.15, -0.1) is 0 Å². The van der Waals surface area contributed by atoms with E-state index in [9.17, 15) is 4.79 Å². The van der Waals surface area contributed by atoms with Gasteiger partial charge in [-0.2, -0.15) is 9.78 Å². The van der Waals surface area contributed by atoms with Crippen molar-refractivity contribution in [1.29, 1.82) is 0 Å². The van der Waals surface area contributed by atoms with Gasteiger partial charge in [0.05, 0.1) is 17.1 Å². The molecule has 168 valence electrons. The molecule has 0 aliphatic carbocycles. The molecule has 0 unspecified atom stereocenters. The quantitative estimate of drug-likeness (QED) is 0.272. The fraction of sp³-hybridized carbons (Fsp3) is 0.222. The van der Waals surface area contributed by atoms with Crippen LogP contribution in [0, 0.1) is 6.92 Å². The summed E-state index contributed by atoms with van der Waals surface area (Å²) in [4.78, 5) is 18.1. The molecule has 0 amide bonds. The van der Waals surface area contributed by atoms with Crippen LogP contribution in [0.3, 0.4) is 0 Å². The lowest BCUT2D eigenvalue weighted by atomic mass is 10.1. The molecule has 1 heterocycles. The normalized spacial score (nSPS) is 12.4.